The van der Waals surface area contributed by atoms with Gasteiger partial charge in [0.05, 0.1) is 12.7 Å². The number of ether oxygens (including phenoxy) is 1. The first-order valence-electron chi connectivity index (χ1n) is 8.47. The van der Waals surface area contributed by atoms with Crippen LogP contribution in [0.25, 0.3) is 0 Å². The van der Waals surface area contributed by atoms with Gasteiger partial charge in [-0.2, -0.15) is 0 Å². The summed E-state index contributed by atoms with van der Waals surface area (Å²) in [5.74, 6) is -0.263. The molecule has 1 aliphatic rings. The first-order valence-corrected chi connectivity index (χ1v) is 8.47. The van der Waals surface area contributed by atoms with Gasteiger partial charge in [0.15, 0.2) is 0 Å². The number of rotatable bonds is 3. The molecule has 5 heteroatoms. The quantitative estimate of drug-likeness (QED) is 0.936. The normalized spacial score (nSPS) is 17.6. The van der Waals surface area contributed by atoms with E-state index >= 15 is 0 Å². The molecule has 2 aromatic rings. The first kappa shape index (κ1) is 17.2. The van der Waals surface area contributed by atoms with Crippen molar-refractivity contribution in [3.8, 4) is 0 Å². The van der Waals surface area contributed by atoms with Gasteiger partial charge in [-0.25, -0.2) is 0 Å². The van der Waals surface area contributed by atoms with Gasteiger partial charge in [0.25, 0.3) is 11.8 Å². The van der Waals surface area contributed by atoms with Crippen molar-refractivity contribution in [2.75, 3.05) is 26.7 Å². The summed E-state index contributed by atoms with van der Waals surface area (Å²) < 4.78 is 5.93. The summed E-state index contributed by atoms with van der Waals surface area (Å²) >= 11 is 0. The van der Waals surface area contributed by atoms with E-state index in [0.717, 1.165) is 12.0 Å². The van der Waals surface area contributed by atoms with Crippen LogP contribution in [0, 0.1) is 0 Å². The van der Waals surface area contributed by atoms with E-state index in [2.05, 4.69) is 17.4 Å². The van der Waals surface area contributed by atoms with E-state index in [-0.39, 0.29) is 17.9 Å². The Kier molecular flexibility index (Phi) is 5.46. The Balaban J connectivity index is 1.70. The van der Waals surface area contributed by atoms with Crippen LogP contribution < -0.4 is 5.32 Å². The second-order valence-corrected chi connectivity index (χ2v) is 6.01. The van der Waals surface area contributed by atoms with Gasteiger partial charge in [-0.1, -0.05) is 36.4 Å². The fraction of sp³-hybridized carbons (Fsp3) is 0.300. The van der Waals surface area contributed by atoms with Gasteiger partial charge in [-0.3, -0.25) is 9.59 Å². The Morgan fingerprint density at radius 3 is 2.56 bits per heavy atom. The summed E-state index contributed by atoms with van der Waals surface area (Å²) in [6.07, 6.45) is 0.765. The van der Waals surface area contributed by atoms with Gasteiger partial charge in [0.1, 0.15) is 0 Å². The van der Waals surface area contributed by atoms with E-state index in [0.29, 0.717) is 30.8 Å². The Morgan fingerprint density at radius 2 is 1.80 bits per heavy atom. The number of benzene rings is 2. The molecule has 1 atom stereocenters. The van der Waals surface area contributed by atoms with Crippen molar-refractivity contribution in [1.29, 1.82) is 0 Å². The summed E-state index contributed by atoms with van der Waals surface area (Å²) in [7, 11) is 1.58. The number of carbonyl (C=O) groups is 2. The summed E-state index contributed by atoms with van der Waals surface area (Å²) in [5.41, 5.74) is 2.15. The fourth-order valence-corrected chi connectivity index (χ4v) is 3.03. The molecule has 0 bridgehead atoms. The highest BCUT2D eigenvalue weighted by Gasteiger charge is 2.23. The van der Waals surface area contributed by atoms with Gasteiger partial charge < -0.3 is 15.0 Å². The highest BCUT2D eigenvalue weighted by atomic mass is 16.5. The molecule has 3 rings (SSSR count). The van der Waals surface area contributed by atoms with Crippen molar-refractivity contribution < 1.29 is 14.3 Å². The van der Waals surface area contributed by atoms with Crippen molar-refractivity contribution in [3.05, 3.63) is 71.3 Å². The van der Waals surface area contributed by atoms with Crippen molar-refractivity contribution >= 4 is 11.8 Å². The van der Waals surface area contributed by atoms with E-state index in [9.17, 15) is 9.59 Å². The lowest BCUT2D eigenvalue weighted by Crippen LogP contribution is -2.33. The maximum absolute atomic E-state index is 12.8. The number of amides is 2. The molecule has 1 heterocycles. The summed E-state index contributed by atoms with van der Waals surface area (Å²) in [6.45, 7) is 1.68. The molecule has 0 aromatic heterocycles. The number of nitrogens with one attached hydrogen (secondary N) is 1. The molecule has 0 aliphatic carbocycles. The summed E-state index contributed by atoms with van der Waals surface area (Å²) in [6, 6.07) is 16.9. The Labute approximate surface area is 147 Å². The maximum Gasteiger partial charge on any atom is 0.253 e. The topological polar surface area (TPSA) is 58.6 Å². The molecule has 5 nitrogen and oxygen atoms in total. The Hall–Kier alpha value is -2.66. The average Bonchev–Trinajstić information content (AvgIpc) is 2.94. The molecular weight excluding hydrogens is 316 g/mol. The minimum atomic E-state index is -0.196. The highest BCUT2D eigenvalue weighted by molar-refractivity contribution is 5.99. The number of nitrogens with zero attached hydrogens (tertiary/aromatic N) is 1. The molecule has 2 amide bonds. The van der Waals surface area contributed by atoms with E-state index in [1.165, 1.54) is 0 Å². The van der Waals surface area contributed by atoms with Crippen molar-refractivity contribution in [3.63, 3.8) is 0 Å². The van der Waals surface area contributed by atoms with E-state index in [4.69, 9.17) is 4.74 Å². The lowest BCUT2D eigenvalue weighted by molar-refractivity contribution is 0.0585. The molecule has 2 aromatic carbocycles. The molecule has 1 aliphatic heterocycles. The predicted octanol–water partition coefficient (Wildman–Crippen LogP) is 2.65. The molecular formula is C20H22N2O3. The van der Waals surface area contributed by atoms with Crippen LogP contribution in [0.3, 0.4) is 0 Å². The fourth-order valence-electron chi connectivity index (χ4n) is 3.03. The number of carbonyl (C=O) groups excluding carboxylic acids is 2. The third kappa shape index (κ3) is 4.06. The second kappa shape index (κ2) is 7.94. The molecule has 0 spiro atoms. The SMILES string of the molecule is CNC(=O)c1cccc(C(=O)N2CCOC(c3ccccc3)CC2)c1. The van der Waals surface area contributed by atoms with E-state index < -0.39 is 0 Å². The molecule has 0 radical (unpaired) electrons. The number of hydrogen-bond donors (Lipinski definition) is 1. The van der Waals surface area contributed by atoms with Crippen LogP contribution in [0.5, 0.6) is 0 Å². The first-order chi connectivity index (χ1) is 12.2. The van der Waals surface area contributed by atoms with Gasteiger partial charge in [-0.05, 0) is 30.2 Å². The zero-order valence-corrected chi connectivity index (χ0v) is 14.3. The van der Waals surface area contributed by atoms with Crippen molar-refractivity contribution in [1.82, 2.24) is 10.2 Å². The van der Waals surface area contributed by atoms with E-state index in [1.54, 1.807) is 36.2 Å². The van der Waals surface area contributed by atoms with Gasteiger partial charge in [-0.15, -0.1) is 0 Å². The largest absolute Gasteiger partial charge is 0.372 e. The minimum Gasteiger partial charge on any atom is -0.372 e. The second-order valence-electron chi connectivity index (χ2n) is 6.01. The molecule has 1 N–H and O–H groups in total. The third-order valence-corrected chi connectivity index (χ3v) is 4.40. The minimum absolute atomic E-state index is 0.0104. The molecule has 1 fully saturated rings. The molecule has 1 unspecified atom stereocenters. The lowest BCUT2D eigenvalue weighted by atomic mass is 10.1. The Morgan fingerprint density at radius 1 is 1.04 bits per heavy atom. The van der Waals surface area contributed by atoms with Crippen LogP contribution in [0.4, 0.5) is 0 Å². The van der Waals surface area contributed by atoms with Crippen LogP contribution in [-0.4, -0.2) is 43.5 Å². The molecule has 130 valence electrons. The van der Waals surface area contributed by atoms with Gasteiger partial charge >= 0.3 is 0 Å². The summed E-state index contributed by atoms with van der Waals surface area (Å²) in [5, 5.41) is 2.58. The van der Waals surface area contributed by atoms with Crippen molar-refractivity contribution in [2.24, 2.45) is 0 Å². The Bertz CT molecular complexity index is 746. The zero-order valence-electron chi connectivity index (χ0n) is 14.3. The monoisotopic (exact) mass is 338 g/mol. The summed E-state index contributed by atoms with van der Waals surface area (Å²) in [4.78, 5) is 26.4. The average molecular weight is 338 g/mol. The standard InChI is InChI=1S/C20H22N2O3/c1-21-19(23)16-8-5-9-17(14-16)20(24)22-11-10-18(25-13-12-22)15-6-3-2-4-7-15/h2-9,14,18H,10-13H2,1H3,(H,21,23). The van der Waals surface area contributed by atoms with Crippen LogP contribution >= 0.6 is 0 Å². The molecule has 25 heavy (non-hydrogen) atoms. The molecule has 0 saturated carbocycles. The highest BCUT2D eigenvalue weighted by Crippen LogP contribution is 2.24. The molecule has 1 saturated heterocycles. The van der Waals surface area contributed by atoms with Gasteiger partial charge in [0, 0.05) is 31.3 Å². The predicted molar refractivity (Wildman–Crippen MR) is 95.5 cm³/mol. The van der Waals surface area contributed by atoms with E-state index in [1.807, 2.05) is 18.2 Å². The zero-order chi connectivity index (χ0) is 17.6. The van der Waals surface area contributed by atoms with Crippen LogP contribution in [0.1, 0.15) is 38.8 Å². The van der Waals surface area contributed by atoms with Crippen LogP contribution in [0.2, 0.25) is 0 Å². The smallest absolute Gasteiger partial charge is 0.253 e. The third-order valence-electron chi connectivity index (χ3n) is 4.40. The maximum atomic E-state index is 12.8. The lowest BCUT2D eigenvalue weighted by Gasteiger charge is -2.20. The van der Waals surface area contributed by atoms with Crippen molar-refractivity contribution in [2.45, 2.75) is 12.5 Å². The van der Waals surface area contributed by atoms with Crippen LogP contribution in [-0.2, 0) is 4.74 Å². The van der Waals surface area contributed by atoms with Crippen LogP contribution in [0.15, 0.2) is 54.6 Å². The van der Waals surface area contributed by atoms with Gasteiger partial charge in [0.2, 0.25) is 0 Å². The number of hydrogen-bond acceptors (Lipinski definition) is 3.